The molecule has 18 heavy (non-hydrogen) atoms. The van der Waals surface area contributed by atoms with Crippen molar-refractivity contribution >= 4 is 27.3 Å². The zero-order valence-corrected chi connectivity index (χ0v) is 11.9. The van der Waals surface area contributed by atoms with Gasteiger partial charge in [-0.2, -0.15) is 5.26 Å². The molecule has 0 amide bonds. The van der Waals surface area contributed by atoms with Crippen molar-refractivity contribution < 1.29 is 0 Å². The number of anilines is 2. The van der Waals surface area contributed by atoms with Crippen molar-refractivity contribution in [1.29, 1.82) is 5.26 Å². The number of nitrogens with zero attached hydrogens (tertiary/aromatic N) is 1. The van der Waals surface area contributed by atoms with E-state index in [-0.39, 0.29) is 0 Å². The van der Waals surface area contributed by atoms with Gasteiger partial charge in [0.05, 0.1) is 11.3 Å². The Kier molecular flexibility index (Phi) is 3.69. The lowest BCUT2D eigenvalue weighted by Gasteiger charge is -2.11. The maximum absolute atomic E-state index is 9.12. The van der Waals surface area contributed by atoms with Crippen molar-refractivity contribution in [2.45, 2.75) is 13.8 Å². The highest BCUT2D eigenvalue weighted by Gasteiger charge is 2.05. The molecule has 2 aromatic carbocycles. The smallest absolute Gasteiger partial charge is 0.101 e. The summed E-state index contributed by atoms with van der Waals surface area (Å²) in [7, 11) is 0. The molecule has 0 unspecified atom stereocenters. The van der Waals surface area contributed by atoms with E-state index in [1.165, 1.54) is 11.1 Å². The molecule has 0 aliphatic rings. The van der Waals surface area contributed by atoms with E-state index in [0.717, 1.165) is 15.8 Å². The van der Waals surface area contributed by atoms with Gasteiger partial charge in [-0.1, -0.05) is 33.6 Å². The van der Waals surface area contributed by atoms with E-state index in [9.17, 15) is 0 Å². The number of nitriles is 1. The molecular weight excluding hydrogens is 288 g/mol. The first-order valence-corrected chi connectivity index (χ1v) is 6.43. The molecule has 0 aromatic heterocycles. The highest BCUT2D eigenvalue weighted by Crippen LogP contribution is 2.26. The van der Waals surface area contributed by atoms with Crippen LogP contribution in [0.4, 0.5) is 11.4 Å². The molecule has 2 nitrogen and oxygen atoms in total. The Morgan fingerprint density at radius 3 is 2.44 bits per heavy atom. The maximum atomic E-state index is 9.12. The average molecular weight is 301 g/mol. The highest BCUT2D eigenvalue weighted by molar-refractivity contribution is 9.10. The zero-order valence-electron chi connectivity index (χ0n) is 10.3. The topological polar surface area (TPSA) is 35.8 Å². The van der Waals surface area contributed by atoms with Crippen LogP contribution < -0.4 is 5.32 Å². The summed E-state index contributed by atoms with van der Waals surface area (Å²) < 4.78 is 0.908. The van der Waals surface area contributed by atoms with Crippen molar-refractivity contribution in [2.75, 3.05) is 5.32 Å². The van der Waals surface area contributed by atoms with Gasteiger partial charge in [-0.25, -0.2) is 0 Å². The van der Waals surface area contributed by atoms with Gasteiger partial charge in [0.25, 0.3) is 0 Å². The van der Waals surface area contributed by atoms with Crippen LogP contribution in [0.15, 0.2) is 40.9 Å². The number of benzene rings is 2. The molecule has 2 aromatic rings. The van der Waals surface area contributed by atoms with Crippen LogP contribution in [0.3, 0.4) is 0 Å². The summed E-state index contributed by atoms with van der Waals surface area (Å²) in [4.78, 5) is 0. The van der Waals surface area contributed by atoms with Crippen molar-refractivity contribution in [3.8, 4) is 6.07 Å². The third-order valence-corrected chi connectivity index (χ3v) is 3.25. The van der Waals surface area contributed by atoms with Gasteiger partial charge in [0.2, 0.25) is 0 Å². The molecule has 0 aliphatic carbocycles. The van der Waals surface area contributed by atoms with E-state index < -0.39 is 0 Å². The van der Waals surface area contributed by atoms with Gasteiger partial charge in [-0.05, 0) is 43.7 Å². The molecule has 2 rings (SSSR count). The second-order valence-electron chi connectivity index (χ2n) is 4.25. The molecule has 0 saturated carbocycles. The summed E-state index contributed by atoms with van der Waals surface area (Å²) in [6.45, 7) is 4.12. The van der Waals surface area contributed by atoms with E-state index >= 15 is 0 Å². The van der Waals surface area contributed by atoms with Crippen LogP contribution in [0.2, 0.25) is 0 Å². The molecule has 0 saturated heterocycles. The zero-order chi connectivity index (χ0) is 13.1. The Labute approximate surface area is 115 Å². The first-order valence-electron chi connectivity index (χ1n) is 5.64. The molecule has 0 fully saturated rings. The minimum absolute atomic E-state index is 0.629. The van der Waals surface area contributed by atoms with Crippen molar-refractivity contribution in [3.05, 3.63) is 57.6 Å². The Balaban J connectivity index is 2.37. The second-order valence-corrected chi connectivity index (χ2v) is 5.16. The van der Waals surface area contributed by atoms with Crippen LogP contribution in [0.5, 0.6) is 0 Å². The molecule has 0 heterocycles. The van der Waals surface area contributed by atoms with Crippen LogP contribution in [-0.2, 0) is 0 Å². The maximum Gasteiger partial charge on any atom is 0.101 e. The van der Waals surface area contributed by atoms with Gasteiger partial charge < -0.3 is 5.32 Å². The molecule has 0 atom stereocenters. The van der Waals surface area contributed by atoms with Crippen molar-refractivity contribution in [3.63, 3.8) is 0 Å². The molecule has 0 aliphatic heterocycles. The summed E-state index contributed by atoms with van der Waals surface area (Å²) in [5.74, 6) is 0. The van der Waals surface area contributed by atoms with Crippen LogP contribution in [-0.4, -0.2) is 0 Å². The molecule has 90 valence electrons. The Hall–Kier alpha value is -1.79. The molecule has 0 spiro atoms. The van der Waals surface area contributed by atoms with Crippen molar-refractivity contribution in [1.82, 2.24) is 0 Å². The molecule has 1 N–H and O–H groups in total. The van der Waals surface area contributed by atoms with Gasteiger partial charge in [-0.15, -0.1) is 0 Å². The minimum atomic E-state index is 0.629. The fraction of sp³-hybridized carbons (Fsp3) is 0.133. The fourth-order valence-electron chi connectivity index (χ4n) is 1.82. The third-order valence-electron chi connectivity index (χ3n) is 2.75. The van der Waals surface area contributed by atoms with Gasteiger partial charge in [0.15, 0.2) is 0 Å². The normalized spacial score (nSPS) is 9.89. The van der Waals surface area contributed by atoms with Crippen molar-refractivity contribution in [2.24, 2.45) is 0 Å². The lowest BCUT2D eigenvalue weighted by atomic mass is 10.1. The summed E-state index contributed by atoms with van der Waals surface area (Å²) in [5.41, 5.74) is 4.88. The van der Waals surface area contributed by atoms with Crippen LogP contribution >= 0.6 is 15.9 Å². The fourth-order valence-corrected chi connectivity index (χ4v) is 2.18. The van der Waals surface area contributed by atoms with Crippen LogP contribution in [0, 0.1) is 25.2 Å². The number of hydrogen-bond donors (Lipinski definition) is 1. The predicted molar refractivity (Wildman–Crippen MR) is 78.1 cm³/mol. The summed E-state index contributed by atoms with van der Waals surface area (Å²) in [6.07, 6.45) is 0. The van der Waals surface area contributed by atoms with E-state index in [0.29, 0.717) is 5.56 Å². The number of aryl methyl sites for hydroxylation is 2. The third kappa shape index (κ3) is 2.72. The lowest BCUT2D eigenvalue weighted by Crippen LogP contribution is -1.96. The monoisotopic (exact) mass is 300 g/mol. The standard InChI is InChI=1S/C15H13BrN2/c1-10-3-5-14(11(2)7-10)18-15-6-4-13(16)8-12(15)9-17/h3-8,18H,1-2H3. The Morgan fingerprint density at radius 2 is 1.78 bits per heavy atom. The second kappa shape index (κ2) is 5.24. The number of halogens is 1. The van der Waals surface area contributed by atoms with Crippen LogP contribution in [0.1, 0.15) is 16.7 Å². The summed E-state index contributed by atoms with van der Waals surface area (Å²) in [6, 6.07) is 14.0. The number of nitrogens with one attached hydrogen (secondary N) is 1. The largest absolute Gasteiger partial charge is 0.354 e. The highest BCUT2D eigenvalue weighted by atomic mass is 79.9. The predicted octanol–water partition coefficient (Wildman–Crippen LogP) is 4.68. The quantitative estimate of drug-likeness (QED) is 0.874. The van der Waals surface area contributed by atoms with Crippen LogP contribution in [0.25, 0.3) is 0 Å². The molecule has 0 bridgehead atoms. The summed E-state index contributed by atoms with van der Waals surface area (Å²) in [5, 5.41) is 12.4. The van der Waals surface area contributed by atoms with E-state index in [2.05, 4.69) is 53.3 Å². The lowest BCUT2D eigenvalue weighted by molar-refractivity contribution is 1.36. The van der Waals surface area contributed by atoms with Gasteiger partial charge >= 0.3 is 0 Å². The van der Waals surface area contributed by atoms with E-state index in [1.54, 1.807) is 0 Å². The number of hydrogen-bond acceptors (Lipinski definition) is 2. The van der Waals surface area contributed by atoms with E-state index in [1.807, 2.05) is 24.3 Å². The molecule has 3 heteroatoms. The van der Waals surface area contributed by atoms with Gasteiger partial charge in [0.1, 0.15) is 6.07 Å². The van der Waals surface area contributed by atoms with Gasteiger partial charge in [-0.3, -0.25) is 0 Å². The molecular formula is C15H13BrN2. The first-order chi connectivity index (χ1) is 8.60. The first kappa shape index (κ1) is 12.7. The Morgan fingerprint density at radius 1 is 1.06 bits per heavy atom. The molecule has 0 radical (unpaired) electrons. The summed E-state index contributed by atoms with van der Waals surface area (Å²) >= 11 is 3.37. The average Bonchev–Trinajstić information content (AvgIpc) is 2.34. The SMILES string of the molecule is Cc1ccc(Nc2ccc(Br)cc2C#N)c(C)c1. The number of rotatable bonds is 2. The van der Waals surface area contributed by atoms with E-state index in [4.69, 9.17) is 5.26 Å². The minimum Gasteiger partial charge on any atom is -0.354 e. The Bertz CT molecular complexity index is 627. The van der Waals surface area contributed by atoms with Gasteiger partial charge in [0, 0.05) is 10.2 Å².